The molecule has 0 aliphatic rings. The molecule has 0 unspecified atom stereocenters. The molecular formula is C19H20FN3O. The molecule has 1 N–H and O–H groups in total. The first-order chi connectivity index (χ1) is 11.5. The third-order valence-corrected chi connectivity index (χ3v) is 4.12. The number of aryl methyl sites for hydroxylation is 2. The number of pyridine rings is 1. The third-order valence-electron chi connectivity index (χ3n) is 4.12. The van der Waals surface area contributed by atoms with Crippen LogP contribution in [-0.4, -0.2) is 21.8 Å². The molecule has 24 heavy (non-hydrogen) atoms. The second-order valence-electron chi connectivity index (χ2n) is 5.93. The van der Waals surface area contributed by atoms with E-state index in [0.717, 1.165) is 28.2 Å². The number of benzene rings is 1. The monoisotopic (exact) mass is 325 g/mol. The molecule has 0 bridgehead atoms. The van der Waals surface area contributed by atoms with E-state index in [4.69, 9.17) is 0 Å². The smallest absolute Gasteiger partial charge is 0.226 e. The first-order valence-corrected chi connectivity index (χ1v) is 7.99. The number of nitrogens with one attached hydrogen (secondary N) is 1. The highest BCUT2D eigenvalue weighted by Gasteiger charge is 2.13. The van der Waals surface area contributed by atoms with Crippen molar-refractivity contribution in [3.8, 4) is 0 Å². The molecule has 124 valence electrons. The summed E-state index contributed by atoms with van der Waals surface area (Å²) in [6, 6.07) is 10.3. The van der Waals surface area contributed by atoms with E-state index in [1.54, 1.807) is 12.1 Å². The maximum atomic E-state index is 12.9. The van der Waals surface area contributed by atoms with E-state index in [9.17, 15) is 9.18 Å². The van der Waals surface area contributed by atoms with Crippen molar-refractivity contribution in [2.45, 2.75) is 26.7 Å². The SMILES string of the molecule is Cc1nc2c(C)cccn2c1CC(=O)NCCc1ccc(F)cc1. The first-order valence-electron chi connectivity index (χ1n) is 7.99. The summed E-state index contributed by atoms with van der Waals surface area (Å²) in [5.41, 5.74) is 4.76. The molecule has 5 heteroatoms. The standard InChI is InChI=1S/C19H20FN3O/c1-13-4-3-11-23-17(14(2)22-19(13)23)12-18(24)21-10-9-15-5-7-16(20)8-6-15/h3-8,11H,9-10,12H2,1-2H3,(H,21,24). The number of rotatable bonds is 5. The van der Waals surface area contributed by atoms with E-state index in [1.807, 2.05) is 36.6 Å². The second-order valence-corrected chi connectivity index (χ2v) is 5.93. The predicted octanol–water partition coefficient (Wildman–Crippen LogP) is 2.99. The Morgan fingerprint density at radius 1 is 1.21 bits per heavy atom. The van der Waals surface area contributed by atoms with Crippen LogP contribution in [0.4, 0.5) is 4.39 Å². The van der Waals surface area contributed by atoms with Crippen LogP contribution in [0.3, 0.4) is 0 Å². The van der Waals surface area contributed by atoms with Gasteiger partial charge in [0.05, 0.1) is 17.8 Å². The lowest BCUT2D eigenvalue weighted by atomic mass is 10.1. The number of carbonyl (C=O) groups is 1. The Kier molecular flexibility index (Phi) is 4.60. The zero-order valence-electron chi connectivity index (χ0n) is 13.8. The summed E-state index contributed by atoms with van der Waals surface area (Å²) in [6.07, 6.45) is 2.90. The van der Waals surface area contributed by atoms with Crippen molar-refractivity contribution in [1.82, 2.24) is 14.7 Å². The van der Waals surface area contributed by atoms with Crippen molar-refractivity contribution in [2.24, 2.45) is 0 Å². The van der Waals surface area contributed by atoms with Crippen LogP contribution in [0.25, 0.3) is 5.65 Å². The van der Waals surface area contributed by atoms with Gasteiger partial charge in [-0.2, -0.15) is 0 Å². The van der Waals surface area contributed by atoms with Crippen LogP contribution in [0, 0.1) is 19.7 Å². The van der Waals surface area contributed by atoms with Crippen LogP contribution in [-0.2, 0) is 17.6 Å². The lowest BCUT2D eigenvalue weighted by molar-refractivity contribution is -0.120. The van der Waals surface area contributed by atoms with Gasteiger partial charge in [-0.05, 0) is 49.6 Å². The minimum Gasteiger partial charge on any atom is -0.355 e. The van der Waals surface area contributed by atoms with Crippen molar-refractivity contribution in [3.05, 3.63) is 70.9 Å². The van der Waals surface area contributed by atoms with Gasteiger partial charge in [0, 0.05) is 12.7 Å². The number of amides is 1. The van der Waals surface area contributed by atoms with Crippen LogP contribution in [0.1, 0.15) is 22.5 Å². The molecule has 0 atom stereocenters. The van der Waals surface area contributed by atoms with Gasteiger partial charge in [-0.15, -0.1) is 0 Å². The molecule has 0 aliphatic carbocycles. The number of carbonyl (C=O) groups excluding carboxylic acids is 1. The van der Waals surface area contributed by atoms with E-state index in [2.05, 4.69) is 10.3 Å². The number of aromatic nitrogens is 2. The minimum absolute atomic E-state index is 0.0384. The van der Waals surface area contributed by atoms with E-state index >= 15 is 0 Å². The molecule has 4 nitrogen and oxygen atoms in total. The normalized spacial score (nSPS) is 11.0. The number of fused-ring (bicyclic) bond motifs is 1. The molecular weight excluding hydrogens is 305 g/mol. The minimum atomic E-state index is -0.249. The van der Waals surface area contributed by atoms with Crippen molar-refractivity contribution in [2.75, 3.05) is 6.54 Å². The summed E-state index contributed by atoms with van der Waals surface area (Å²) in [7, 11) is 0. The van der Waals surface area contributed by atoms with Crippen molar-refractivity contribution in [3.63, 3.8) is 0 Å². The molecule has 3 rings (SSSR count). The summed E-state index contributed by atoms with van der Waals surface area (Å²) in [5.74, 6) is -0.287. The van der Waals surface area contributed by atoms with Gasteiger partial charge in [0.25, 0.3) is 0 Å². The first kappa shape index (κ1) is 16.2. The van der Waals surface area contributed by atoms with Gasteiger partial charge < -0.3 is 9.72 Å². The summed E-state index contributed by atoms with van der Waals surface area (Å²) >= 11 is 0. The Bertz CT molecular complexity index is 868. The van der Waals surface area contributed by atoms with Crippen molar-refractivity contribution < 1.29 is 9.18 Å². The van der Waals surface area contributed by atoms with Gasteiger partial charge in [-0.3, -0.25) is 4.79 Å². The summed E-state index contributed by atoms with van der Waals surface area (Å²) in [4.78, 5) is 16.8. The topological polar surface area (TPSA) is 46.4 Å². The lowest BCUT2D eigenvalue weighted by Crippen LogP contribution is -2.27. The number of nitrogens with zero attached hydrogens (tertiary/aromatic N) is 2. The largest absolute Gasteiger partial charge is 0.355 e. The molecule has 0 radical (unpaired) electrons. The number of hydrogen-bond acceptors (Lipinski definition) is 2. The molecule has 0 saturated heterocycles. The highest BCUT2D eigenvalue weighted by atomic mass is 19.1. The van der Waals surface area contributed by atoms with Crippen LogP contribution in [0.2, 0.25) is 0 Å². The van der Waals surface area contributed by atoms with Gasteiger partial charge in [0.15, 0.2) is 0 Å². The molecule has 0 spiro atoms. The van der Waals surface area contributed by atoms with E-state index in [0.29, 0.717) is 19.4 Å². The fourth-order valence-corrected chi connectivity index (χ4v) is 2.79. The molecule has 0 aliphatic heterocycles. The summed E-state index contributed by atoms with van der Waals surface area (Å²) in [5, 5.41) is 2.92. The molecule has 1 amide bonds. The van der Waals surface area contributed by atoms with Crippen LogP contribution < -0.4 is 5.32 Å². The Morgan fingerprint density at radius 2 is 1.96 bits per heavy atom. The Balaban J connectivity index is 1.62. The molecule has 1 aromatic carbocycles. The van der Waals surface area contributed by atoms with Crippen LogP contribution in [0.5, 0.6) is 0 Å². The molecule has 2 aromatic heterocycles. The molecule has 3 aromatic rings. The van der Waals surface area contributed by atoms with E-state index < -0.39 is 0 Å². The van der Waals surface area contributed by atoms with Gasteiger partial charge in [-0.1, -0.05) is 18.2 Å². The van der Waals surface area contributed by atoms with Gasteiger partial charge >= 0.3 is 0 Å². The Hall–Kier alpha value is -2.69. The fraction of sp³-hybridized carbons (Fsp3) is 0.263. The molecule has 0 fully saturated rings. The predicted molar refractivity (Wildman–Crippen MR) is 91.5 cm³/mol. The maximum absolute atomic E-state index is 12.9. The van der Waals surface area contributed by atoms with Crippen molar-refractivity contribution >= 4 is 11.6 Å². The quantitative estimate of drug-likeness (QED) is 0.784. The molecule has 0 saturated carbocycles. The molecule has 2 heterocycles. The lowest BCUT2D eigenvalue weighted by Gasteiger charge is -2.07. The highest BCUT2D eigenvalue weighted by molar-refractivity contribution is 5.78. The average Bonchev–Trinajstić information content (AvgIpc) is 2.87. The second kappa shape index (κ2) is 6.83. The zero-order valence-corrected chi connectivity index (χ0v) is 13.8. The van der Waals surface area contributed by atoms with E-state index in [1.165, 1.54) is 12.1 Å². The maximum Gasteiger partial charge on any atom is 0.226 e. The summed E-state index contributed by atoms with van der Waals surface area (Å²) in [6.45, 7) is 4.46. The number of imidazole rings is 1. The van der Waals surface area contributed by atoms with Crippen LogP contribution in [0.15, 0.2) is 42.6 Å². The zero-order chi connectivity index (χ0) is 17.1. The van der Waals surface area contributed by atoms with E-state index in [-0.39, 0.29) is 11.7 Å². The Labute approximate surface area is 140 Å². The van der Waals surface area contributed by atoms with Gasteiger partial charge in [0.2, 0.25) is 5.91 Å². The number of halogens is 1. The third kappa shape index (κ3) is 3.45. The van der Waals surface area contributed by atoms with Gasteiger partial charge in [-0.25, -0.2) is 9.37 Å². The van der Waals surface area contributed by atoms with Crippen LogP contribution >= 0.6 is 0 Å². The number of hydrogen-bond donors (Lipinski definition) is 1. The Morgan fingerprint density at radius 3 is 2.71 bits per heavy atom. The highest BCUT2D eigenvalue weighted by Crippen LogP contribution is 2.15. The summed E-state index contributed by atoms with van der Waals surface area (Å²) < 4.78 is 14.8. The fourth-order valence-electron chi connectivity index (χ4n) is 2.79. The average molecular weight is 325 g/mol. The van der Waals surface area contributed by atoms with Gasteiger partial charge in [0.1, 0.15) is 11.5 Å². The van der Waals surface area contributed by atoms with Crippen molar-refractivity contribution in [1.29, 1.82) is 0 Å².